The number of carbonyl (C=O) groups is 1. The lowest BCUT2D eigenvalue weighted by molar-refractivity contribution is -0.870. The number of quaternary nitrogens is 1. The molecule has 0 aliphatic rings. The molecule has 0 saturated carbocycles. The summed E-state index contributed by atoms with van der Waals surface area (Å²) in [6.45, 7) is 6.41. The first-order valence-corrected chi connectivity index (χ1v) is 3.96. The van der Waals surface area contributed by atoms with E-state index in [0.29, 0.717) is 12.2 Å². The summed E-state index contributed by atoms with van der Waals surface area (Å²) >= 11 is 0. The molecule has 0 aromatic rings. The van der Waals surface area contributed by atoms with E-state index in [2.05, 4.69) is 27.7 Å². The van der Waals surface area contributed by atoms with Gasteiger partial charge in [-0.05, 0) is 6.92 Å². The van der Waals surface area contributed by atoms with Crippen molar-refractivity contribution in [3.05, 3.63) is 12.2 Å². The van der Waals surface area contributed by atoms with Crippen LogP contribution in [0.4, 0.5) is 0 Å². The number of ether oxygens (including phenoxy) is 1. The van der Waals surface area contributed by atoms with Crippen LogP contribution < -0.4 is 6.15 Å². The van der Waals surface area contributed by atoms with Crippen LogP contribution in [0.25, 0.3) is 0 Å². The summed E-state index contributed by atoms with van der Waals surface area (Å²) in [4.78, 5) is 10.9. The molecule has 5 heteroatoms. The van der Waals surface area contributed by atoms with E-state index in [9.17, 15) is 4.79 Å². The first-order valence-electron chi connectivity index (χ1n) is 3.96. The summed E-state index contributed by atoms with van der Waals surface area (Å²) in [5.74, 6) is -0.302. The summed E-state index contributed by atoms with van der Waals surface area (Å²) in [6, 6.07) is 0. The molecule has 0 radical (unpaired) electrons. The molecule has 86 valence electrons. The Labute approximate surface area is 103 Å². The van der Waals surface area contributed by atoms with Crippen LogP contribution in [0, 0.1) is 0 Å². The van der Waals surface area contributed by atoms with E-state index in [1.807, 2.05) is 0 Å². The lowest BCUT2D eigenvalue weighted by atomic mass is 10.4. The molecule has 0 saturated heterocycles. The molecule has 14 heavy (non-hydrogen) atoms. The van der Waals surface area contributed by atoms with Gasteiger partial charge in [-0.3, -0.25) is 0 Å². The Morgan fingerprint density at radius 3 is 2.07 bits per heavy atom. The summed E-state index contributed by atoms with van der Waals surface area (Å²) in [5, 5.41) is 0. The fourth-order valence-corrected chi connectivity index (χ4v) is 0.535. The van der Waals surface area contributed by atoms with E-state index in [0.717, 1.165) is 11.0 Å². The van der Waals surface area contributed by atoms with E-state index in [4.69, 9.17) is 4.74 Å². The van der Waals surface area contributed by atoms with Gasteiger partial charge in [0.25, 0.3) is 0 Å². The minimum absolute atomic E-state index is 0. The lowest BCUT2D eigenvalue weighted by Gasteiger charge is -2.23. The molecule has 0 atom stereocenters. The van der Waals surface area contributed by atoms with Crippen LogP contribution in [0.15, 0.2) is 12.2 Å². The molecular formula is C9H22IN2O2+. The third-order valence-corrected chi connectivity index (χ3v) is 1.34. The van der Waals surface area contributed by atoms with Gasteiger partial charge in [0, 0.05) is 5.57 Å². The van der Waals surface area contributed by atoms with Gasteiger partial charge in [0.2, 0.25) is 0 Å². The molecule has 0 aromatic carbocycles. The predicted octanol–water partition coefficient (Wildman–Crippen LogP) is 1.59. The smallest absolute Gasteiger partial charge is 0.333 e. The molecule has 0 bridgehead atoms. The molecule has 0 heterocycles. The van der Waals surface area contributed by atoms with Crippen LogP contribution in [0.1, 0.15) is 6.92 Å². The van der Waals surface area contributed by atoms with Gasteiger partial charge in [-0.25, -0.2) is 4.79 Å². The zero-order valence-corrected chi connectivity index (χ0v) is 11.8. The average molecular weight is 317 g/mol. The van der Waals surface area contributed by atoms with E-state index in [1.165, 1.54) is 0 Å². The van der Waals surface area contributed by atoms with Crippen molar-refractivity contribution in [2.24, 2.45) is 0 Å². The van der Waals surface area contributed by atoms with Crippen molar-refractivity contribution in [3.63, 3.8) is 0 Å². The highest BCUT2D eigenvalue weighted by Crippen LogP contribution is 1.94. The normalized spacial score (nSPS) is 9.43. The molecule has 4 nitrogen and oxygen atoms in total. The van der Waals surface area contributed by atoms with Crippen molar-refractivity contribution >= 4 is 29.9 Å². The first-order chi connectivity index (χ1) is 5.33. The van der Waals surface area contributed by atoms with Gasteiger partial charge in [-0.15, -0.1) is 24.0 Å². The highest BCUT2D eigenvalue weighted by atomic mass is 127. The van der Waals surface area contributed by atoms with Crippen LogP contribution in [0.2, 0.25) is 0 Å². The van der Waals surface area contributed by atoms with E-state index in [1.54, 1.807) is 6.92 Å². The van der Waals surface area contributed by atoms with Gasteiger partial charge in [0.15, 0.2) is 0 Å². The second-order valence-electron chi connectivity index (χ2n) is 3.93. The molecule has 0 amide bonds. The maximum atomic E-state index is 10.9. The number of carbonyl (C=O) groups excluding carboxylic acids is 1. The minimum Gasteiger partial charge on any atom is -0.456 e. The van der Waals surface area contributed by atoms with Gasteiger partial charge in [0.1, 0.15) is 13.2 Å². The summed E-state index contributed by atoms with van der Waals surface area (Å²) in [6.07, 6.45) is 0. The topological polar surface area (TPSA) is 61.3 Å². The molecule has 0 aliphatic carbocycles. The quantitative estimate of drug-likeness (QED) is 0.371. The molecule has 3 N–H and O–H groups in total. The number of nitrogens with zero attached hydrogens (tertiary/aromatic N) is 1. The fraction of sp³-hybridized carbons (Fsp3) is 0.667. The van der Waals surface area contributed by atoms with Crippen molar-refractivity contribution in [2.75, 3.05) is 34.3 Å². The first kappa shape index (κ1) is 19.4. The Morgan fingerprint density at radius 1 is 1.36 bits per heavy atom. The Kier molecular flexibility index (Phi) is 11.4. The van der Waals surface area contributed by atoms with Gasteiger partial charge in [-0.2, -0.15) is 0 Å². The fourth-order valence-electron chi connectivity index (χ4n) is 0.535. The van der Waals surface area contributed by atoms with Crippen LogP contribution in [0.3, 0.4) is 0 Å². The molecule has 0 unspecified atom stereocenters. The Balaban J connectivity index is -0.000000605. The molecule has 0 aromatic heterocycles. The Morgan fingerprint density at radius 2 is 1.79 bits per heavy atom. The summed E-state index contributed by atoms with van der Waals surface area (Å²) in [7, 11) is 6.15. The van der Waals surface area contributed by atoms with Crippen molar-refractivity contribution in [2.45, 2.75) is 6.92 Å². The number of hydrogen-bond donors (Lipinski definition) is 1. The maximum Gasteiger partial charge on any atom is 0.333 e. The van der Waals surface area contributed by atoms with Gasteiger partial charge < -0.3 is 15.4 Å². The Hall–Kier alpha value is -0.140. The van der Waals surface area contributed by atoms with Crippen molar-refractivity contribution in [1.82, 2.24) is 6.15 Å². The number of rotatable bonds is 4. The largest absolute Gasteiger partial charge is 0.456 e. The summed E-state index contributed by atoms with van der Waals surface area (Å²) in [5.41, 5.74) is 0.455. The van der Waals surface area contributed by atoms with Crippen LogP contribution in [-0.2, 0) is 9.53 Å². The number of likely N-dealkylation sites (N-methyl/N-ethyl adjacent to an activating group) is 1. The van der Waals surface area contributed by atoms with Gasteiger partial charge in [-0.1, -0.05) is 6.58 Å². The standard InChI is InChI=1S/C9H18NO2.HI.H3N/c1-8(2)9(11)12-7-6-10(3,4)5;;/h1,6-7H2,2-5H3;1H;1H3/q+1;;. The van der Waals surface area contributed by atoms with E-state index in [-0.39, 0.29) is 36.1 Å². The zero-order valence-electron chi connectivity index (χ0n) is 9.50. The van der Waals surface area contributed by atoms with Gasteiger partial charge in [0.05, 0.1) is 21.1 Å². The Bertz CT molecular complexity index is 188. The van der Waals surface area contributed by atoms with Crippen LogP contribution >= 0.6 is 24.0 Å². The van der Waals surface area contributed by atoms with Gasteiger partial charge >= 0.3 is 5.97 Å². The lowest BCUT2D eigenvalue weighted by Crippen LogP contribution is -2.38. The predicted molar refractivity (Wildman–Crippen MR) is 69.1 cm³/mol. The maximum absolute atomic E-state index is 10.9. The van der Waals surface area contributed by atoms with Crippen LogP contribution in [0.5, 0.6) is 0 Å². The molecule has 0 spiro atoms. The van der Waals surface area contributed by atoms with E-state index < -0.39 is 0 Å². The molecular weight excluding hydrogens is 295 g/mol. The van der Waals surface area contributed by atoms with Crippen molar-refractivity contribution in [3.8, 4) is 0 Å². The highest BCUT2D eigenvalue weighted by Gasteiger charge is 2.09. The highest BCUT2D eigenvalue weighted by molar-refractivity contribution is 14.0. The second kappa shape index (κ2) is 8.19. The molecule has 0 rings (SSSR count). The van der Waals surface area contributed by atoms with Crippen molar-refractivity contribution in [1.29, 1.82) is 0 Å². The second-order valence-corrected chi connectivity index (χ2v) is 3.93. The monoisotopic (exact) mass is 317 g/mol. The third-order valence-electron chi connectivity index (χ3n) is 1.34. The number of halogens is 1. The summed E-state index contributed by atoms with van der Waals surface area (Å²) < 4.78 is 5.72. The zero-order chi connectivity index (χ0) is 9.78. The molecule has 0 fully saturated rings. The average Bonchev–Trinajstić information content (AvgIpc) is 1.84. The third kappa shape index (κ3) is 11.9. The van der Waals surface area contributed by atoms with Crippen LogP contribution in [-0.4, -0.2) is 44.7 Å². The minimum atomic E-state index is -0.302. The number of esters is 1. The van der Waals surface area contributed by atoms with E-state index >= 15 is 0 Å². The van der Waals surface area contributed by atoms with Crippen molar-refractivity contribution < 1.29 is 14.0 Å². The molecule has 0 aliphatic heterocycles. The number of hydrogen-bond acceptors (Lipinski definition) is 3. The SMILES string of the molecule is C=C(C)C(=O)OCC[N+](C)(C)C.I.N.